The lowest BCUT2D eigenvalue weighted by molar-refractivity contribution is 0.243. The maximum atomic E-state index is 5.61. The first-order chi connectivity index (χ1) is 13.2. The van der Waals surface area contributed by atoms with Gasteiger partial charge in [0.2, 0.25) is 0 Å². The van der Waals surface area contributed by atoms with Gasteiger partial charge in [0.05, 0.1) is 11.3 Å². The molecular formula is C21H23N5O. The predicted molar refractivity (Wildman–Crippen MR) is 101 cm³/mol. The third-order valence-corrected chi connectivity index (χ3v) is 5.97. The van der Waals surface area contributed by atoms with Crippen molar-refractivity contribution in [2.75, 3.05) is 6.54 Å². The summed E-state index contributed by atoms with van der Waals surface area (Å²) >= 11 is 0. The van der Waals surface area contributed by atoms with Crippen LogP contribution in [0.2, 0.25) is 0 Å². The van der Waals surface area contributed by atoms with Crippen LogP contribution in [-0.4, -0.2) is 37.6 Å². The second-order valence-electron chi connectivity index (χ2n) is 7.59. The van der Waals surface area contributed by atoms with Crippen LogP contribution in [0.4, 0.5) is 0 Å². The highest BCUT2D eigenvalue weighted by Crippen LogP contribution is 2.48. The molecule has 0 aliphatic carbocycles. The molecule has 0 spiro atoms. The first-order valence-electron chi connectivity index (χ1n) is 9.65. The van der Waals surface area contributed by atoms with Gasteiger partial charge in [0.1, 0.15) is 5.82 Å². The molecular weight excluding hydrogens is 338 g/mol. The summed E-state index contributed by atoms with van der Waals surface area (Å²) in [5, 5.41) is 4.36. The Morgan fingerprint density at radius 3 is 2.78 bits per heavy atom. The van der Waals surface area contributed by atoms with Crippen LogP contribution in [0, 0.1) is 13.8 Å². The van der Waals surface area contributed by atoms with Gasteiger partial charge in [0.25, 0.3) is 5.89 Å². The highest BCUT2D eigenvalue weighted by atomic mass is 16.5. The van der Waals surface area contributed by atoms with E-state index < -0.39 is 0 Å². The molecule has 1 aromatic carbocycles. The second-order valence-corrected chi connectivity index (χ2v) is 7.59. The van der Waals surface area contributed by atoms with E-state index in [0.717, 1.165) is 35.9 Å². The summed E-state index contributed by atoms with van der Waals surface area (Å²) in [5.74, 6) is 2.40. The van der Waals surface area contributed by atoms with Gasteiger partial charge >= 0.3 is 0 Å². The van der Waals surface area contributed by atoms with Gasteiger partial charge in [-0.1, -0.05) is 35.5 Å². The third kappa shape index (κ3) is 2.84. The van der Waals surface area contributed by atoms with Crippen molar-refractivity contribution >= 4 is 0 Å². The number of benzene rings is 1. The quantitative estimate of drug-likeness (QED) is 0.706. The highest BCUT2D eigenvalue weighted by Gasteiger charge is 2.46. The van der Waals surface area contributed by atoms with Gasteiger partial charge in [-0.25, -0.2) is 9.97 Å². The zero-order valence-electron chi connectivity index (χ0n) is 15.7. The Hall–Kier alpha value is -2.60. The lowest BCUT2D eigenvalue weighted by Gasteiger charge is -2.24. The fourth-order valence-electron chi connectivity index (χ4n) is 4.74. The van der Waals surface area contributed by atoms with Crippen LogP contribution in [0.5, 0.6) is 0 Å². The Labute approximate surface area is 158 Å². The van der Waals surface area contributed by atoms with Crippen LogP contribution >= 0.6 is 0 Å². The van der Waals surface area contributed by atoms with E-state index in [1.54, 1.807) is 6.20 Å². The van der Waals surface area contributed by atoms with E-state index in [9.17, 15) is 0 Å². The van der Waals surface area contributed by atoms with Gasteiger partial charge in [0.15, 0.2) is 5.82 Å². The number of fused-ring (bicyclic) bond motifs is 1. The van der Waals surface area contributed by atoms with Crippen molar-refractivity contribution < 1.29 is 4.52 Å². The molecule has 0 radical (unpaired) electrons. The van der Waals surface area contributed by atoms with Crippen molar-refractivity contribution in [2.45, 2.75) is 51.1 Å². The van der Waals surface area contributed by atoms with Crippen LogP contribution < -0.4 is 0 Å². The molecule has 4 heterocycles. The van der Waals surface area contributed by atoms with E-state index in [0.29, 0.717) is 23.9 Å². The Balaban J connectivity index is 1.46. The molecule has 2 fully saturated rings. The minimum atomic E-state index is 0.307. The van der Waals surface area contributed by atoms with Crippen molar-refractivity contribution in [3.63, 3.8) is 0 Å². The molecule has 27 heavy (non-hydrogen) atoms. The minimum Gasteiger partial charge on any atom is -0.334 e. The molecule has 2 aromatic heterocycles. The number of aryl methyl sites for hydroxylation is 2. The predicted octanol–water partition coefficient (Wildman–Crippen LogP) is 3.84. The molecule has 0 N–H and O–H groups in total. The molecule has 5 rings (SSSR count). The smallest absolute Gasteiger partial charge is 0.261 e. The van der Waals surface area contributed by atoms with E-state index in [-0.39, 0.29) is 0 Å². The van der Waals surface area contributed by atoms with Gasteiger partial charge in [-0.2, -0.15) is 4.98 Å². The van der Waals surface area contributed by atoms with Crippen LogP contribution in [0.3, 0.4) is 0 Å². The van der Waals surface area contributed by atoms with Crippen LogP contribution in [-0.2, 0) is 0 Å². The van der Waals surface area contributed by atoms with Crippen molar-refractivity contribution in [3.8, 4) is 11.5 Å². The molecule has 0 unspecified atom stereocenters. The van der Waals surface area contributed by atoms with Gasteiger partial charge in [-0.05, 0) is 45.2 Å². The molecule has 0 amide bonds. The maximum absolute atomic E-state index is 5.61. The zero-order chi connectivity index (χ0) is 18.4. The van der Waals surface area contributed by atoms with Crippen molar-refractivity contribution in [3.05, 3.63) is 59.4 Å². The van der Waals surface area contributed by atoms with Crippen LogP contribution in [0.15, 0.2) is 41.1 Å². The van der Waals surface area contributed by atoms with Crippen molar-refractivity contribution in [1.82, 2.24) is 25.0 Å². The zero-order valence-corrected chi connectivity index (χ0v) is 15.7. The first kappa shape index (κ1) is 16.6. The van der Waals surface area contributed by atoms with Gasteiger partial charge < -0.3 is 4.52 Å². The summed E-state index contributed by atoms with van der Waals surface area (Å²) in [6.07, 6.45) is 5.25. The average Bonchev–Trinajstić information content (AvgIpc) is 3.39. The Kier molecular flexibility index (Phi) is 4.01. The molecule has 0 saturated carbocycles. The Bertz CT molecular complexity index is 954. The van der Waals surface area contributed by atoms with Crippen LogP contribution in [0.1, 0.15) is 54.1 Å². The second kappa shape index (κ2) is 6.53. The Morgan fingerprint density at radius 1 is 1.11 bits per heavy atom. The number of hydrogen-bond acceptors (Lipinski definition) is 6. The molecule has 0 bridgehead atoms. The topological polar surface area (TPSA) is 67.9 Å². The normalized spacial score (nSPS) is 25.0. The fourth-order valence-corrected chi connectivity index (χ4v) is 4.74. The van der Waals surface area contributed by atoms with E-state index in [1.807, 2.05) is 13.8 Å². The monoisotopic (exact) mass is 361 g/mol. The summed E-state index contributed by atoms with van der Waals surface area (Å²) in [5.41, 5.74) is 3.08. The average molecular weight is 361 g/mol. The molecule has 3 aromatic rings. The summed E-state index contributed by atoms with van der Waals surface area (Å²) in [7, 11) is 0. The van der Waals surface area contributed by atoms with Gasteiger partial charge in [-0.3, -0.25) is 4.90 Å². The third-order valence-electron chi connectivity index (χ3n) is 5.97. The molecule has 138 valence electrons. The first-order valence-corrected chi connectivity index (χ1v) is 9.65. The largest absolute Gasteiger partial charge is 0.334 e. The highest BCUT2D eigenvalue weighted by molar-refractivity contribution is 5.54. The summed E-state index contributed by atoms with van der Waals surface area (Å²) < 4.78 is 5.61. The number of hydrogen-bond donors (Lipinski definition) is 0. The van der Waals surface area contributed by atoms with E-state index in [4.69, 9.17) is 9.51 Å². The van der Waals surface area contributed by atoms with Gasteiger partial charge in [0, 0.05) is 24.2 Å². The van der Waals surface area contributed by atoms with Crippen molar-refractivity contribution in [1.29, 1.82) is 0 Å². The minimum absolute atomic E-state index is 0.307. The maximum Gasteiger partial charge on any atom is 0.261 e. The summed E-state index contributed by atoms with van der Waals surface area (Å²) in [6.45, 7) is 4.98. The molecule has 2 aliphatic heterocycles. The summed E-state index contributed by atoms with van der Waals surface area (Å²) in [6, 6.07) is 11.7. The van der Waals surface area contributed by atoms with E-state index in [2.05, 4.69) is 50.4 Å². The lowest BCUT2D eigenvalue weighted by Crippen LogP contribution is -2.27. The molecule has 6 heteroatoms. The van der Waals surface area contributed by atoms with Gasteiger partial charge in [-0.15, -0.1) is 0 Å². The summed E-state index contributed by atoms with van der Waals surface area (Å²) in [4.78, 5) is 16.1. The lowest BCUT2D eigenvalue weighted by atomic mass is 9.94. The van der Waals surface area contributed by atoms with E-state index in [1.165, 1.54) is 18.4 Å². The standard InChI is InChI=1S/C21H23N5O/c1-13-17(12-22-14(2)23-13)21-24-20(25-27-21)16-11-19(15-7-4-3-5-8-15)26-10-6-9-18(16)26/h3-5,7-8,12,16,18-19H,6,9-11H2,1-2H3/t16-,18+,19-/m0/s1. The molecule has 2 aliphatic rings. The molecule has 3 atom stereocenters. The SMILES string of the molecule is Cc1ncc(-c2nc([C@H]3C[C@@H](c4ccccc4)N4CCC[C@H]34)no2)c(C)n1. The fraction of sp³-hybridized carbons (Fsp3) is 0.429. The van der Waals surface area contributed by atoms with Crippen molar-refractivity contribution in [2.24, 2.45) is 0 Å². The number of nitrogens with zero attached hydrogens (tertiary/aromatic N) is 5. The van der Waals surface area contributed by atoms with E-state index >= 15 is 0 Å². The van der Waals surface area contributed by atoms with Crippen LogP contribution in [0.25, 0.3) is 11.5 Å². The molecule has 2 saturated heterocycles. The molecule has 6 nitrogen and oxygen atoms in total. The Morgan fingerprint density at radius 2 is 1.96 bits per heavy atom. The number of aromatic nitrogens is 4. The number of rotatable bonds is 3.